The summed E-state index contributed by atoms with van der Waals surface area (Å²) >= 11 is 0. The lowest BCUT2D eigenvalue weighted by Crippen LogP contribution is -2.23. The number of non-ortho nitro benzene ring substituents is 1. The number of unbranched alkanes of at least 4 members (excludes halogenated alkanes) is 3. The van der Waals surface area contributed by atoms with Gasteiger partial charge in [0.25, 0.3) is 5.69 Å². The molecule has 0 aliphatic carbocycles. The monoisotopic (exact) mass is 680 g/mol. The third kappa shape index (κ3) is 11.5. The molecule has 0 saturated heterocycles. The minimum Gasteiger partial charge on any atom is -0.493 e. The van der Waals surface area contributed by atoms with Gasteiger partial charge in [-0.2, -0.15) is 10.2 Å². The molecule has 5 rings (SSSR count). The lowest BCUT2D eigenvalue weighted by atomic mass is 10.1. The van der Waals surface area contributed by atoms with Crippen LogP contribution in [0.3, 0.4) is 0 Å². The number of azo groups is 1. The minimum absolute atomic E-state index is 0.0183. The van der Waals surface area contributed by atoms with Crippen LogP contribution in [0.4, 0.5) is 22.7 Å². The first kappa shape index (κ1) is 36.3. The Balaban J connectivity index is 1.30. The van der Waals surface area contributed by atoms with Crippen molar-refractivity contribution in [1.29, 1.82) is 0 Å². The predicted molar refractivity (Wildman–Crippen MR) is 209 cm³/mol. The Kier molecular flexibility index (Phi) is 13.7. The zero-order valence-corrected chi connectivity index (χ0v) is 29.2. The molecule has 0 radical (unpaired) electrons. The first-order valence-corrected chi connectivity index (χ1v) is 17.4. The van der Waals surface area contributed by atoms with E-state index in [2.05, 4.69) is 82.8 Å². The maximum atomic E-state index is 10.9. The van der Waals surface area contributed by atoms with E-state index in [1.165, 1.54) is 25.0 Å². The van der Waals surface area contributed by atoms with Gasteiger partial charge in [0.2, 0.25) is 0 Å². The Morgan fingerprint density at radius 1 is 0.647 bits per heavy atom. The van der Waals surface area contributed by atoms with Crippen molar-refractivity contribution in [3.05, 3.63) is 154 Å². The molecule has 5 aromatic carbocycles. The number of benzene rings is 5. The lowest BCUT2D eigenvalue weighted by molar-refractivity contribution is -0.384. The van der Waals surface area contributed by atoms with E-state index in [1.54, 1.807) is 12.1 Å². The van der Waals surface area contributed by atoms with E-state index in [0.717, 1.165) is 52.3 Å². The number of ether oxygens (including phenoxy) is 2. The van der Waals surface area contributed by atoms with Crippen LogP contribution in [-0.2, 0) is 0 Å². The number of nitrogens with zero attached hydrogens (tertiary/aromatic N) is 4. The molecule has 0 unspecified atom stereocenters. The van der Waals surface area contributed by atoms with Gasteiger partial charge in [-0.3, -0.25) is 10.1 Å². The number of hydrogen-bond donors (Lipinski definition) is 0. The zero-order chi connectivity index (χ0) is 35.7. The topological polar surface area (TPSA) is 89.6 Å². The molecule has 0 aliphatic heterocycles. The second kappa shape index (κ2) is 19.2. The van der Waals surface area contributed by atoms with E-state index in [1.807, 2.05) is 67.7 Å². The average molecular weight is 681 g/mol. The number of nitro groups is 1. The fourth-order valence-corrected chi connectivity index (χ4v) is 5.27. The van der Waals surface area contributed by atoms with E-state index in [0.29, 0.717) is 31.1 Å². The summed E-state index contributed by atoms with van der Waals surface area (Å²) in [6, 6.07) is 38.4. The highest BCUT2D eigenvalue weighted by atomic mass is 16.6. The Labute approximate surface area is 300 Å². The van der Waals surface area contributed by atoms with Crippen LogP contribution in [-0.4, -0.2) is 31.7 Å². The molecule has 0 aliphatic rings. The van der Waals surface area contributed by atoms with E-state index < -0.39 is 4.92 Å². The zero-order valence-electron chi connectivity index (χ0n) is 29.2. The number of hydrogen-bond acceptors (Lipinski definition) is 7. The fourth-order valence-electron chi connectivity index (χ4n) is 5.27. The fraction of sp³-hybridized carbons (Fsp3) is 0.209. The summed E-state index contributed by atoms with van der Waals surface area (Å²) in [5.41, 5.74) is 6.39. The summed E-state index contributed by atoms with van der Waals surface area (Å²) in [5.74, 6) is 1.62. The van der Waals surface area contributed by atoms with Gasteiger partial charge in [-0.15, -0.1) is 0 Å². The molecule has 51 heavy (non-hydrogen) atoms. The predicted octanol–water partition coefficient (Wildman–Crippen LogP) is 11.8. The van der Waals surface area contributed by atoms with Crippen molar-refractivity contribution in [3.63, 3.8) is 0 Å². The van der Waals surface area contributed by atoms with Crippen LogP contribution < -0.4 is 14.4 Å². The Morgan fingerprint density at radius 3 is 1.67 bits per heavy atom. The smallest absolute Gasteiger partial charge is 0.269 e. The van der Waals surface area contributed by atoms with Gasteiger partial charge in [0, 0.05) is 36.0 Å². The Morgan fingerprint density at radius 2 is 1.16 bits per heavy atom. The molecule has 0 atom stereocenters. The summed E-state index contributed by atoms with van der Waals surface area (Å²) < 4.78 is 12.9. The summed E-state index contributed by atoms with van der Waals surface area (Å²) in [6.45, 7) is 3.99. The van der Waals surface area contributed by atoms with E-state index in [-0.39, 0.29) is 5.69 Å². The van der Waals surface area contributed by atoms with Gasteiger partial charge >= 0.3 is 0 Å². The van der Waals surface area contributed by atoms with Crippen molar-refractivity contribution in [3.8, 4) is 11.5 Å². The standard InChI is InChI=1S/C43H44N4O4/c1-3-4-5-12-30-50-42-32-37(20-18-35-15-10-7-11-16-35)43(33-36(42)19-17-34-13-8-6-9-14-34)51-31-29-46(2)40-25-21-38(22-26-40)44-45-39-23-27-41(28-24-39)47(48)49/h6-11,13-28,32-33H,3-5,12,29-31H2,1-2H3/b19-17+,20-18+,45-44?. The highest BCUT2D eigenvalue weighted by Crippen LogP contribution is 2.33. The molecule has 0 fully saturated rings. The Bertz CT molecular complexity index is 1910. The third-order valence-corrected chi connectivity index (χ3v) is 8.22. The van der Waals surface area contributed by atoms with Crippen molar-refractivity contribution in [2.75, 3.05) is 31.7 Å². The van der Waals surface area contributed by atoms with Crippen molar-refractivity contribution in [2.45, 2.75) is 32.6 Å². The Hall–Kier alpha value is -6.02. The van der Waals surface area contributed by atoms with Crippen LogP contribution in [0.25, 0.3) is 24.3 Å². The van der Waals surface area contributed by atoms with Gasteiger partial charge < -0.3 is 14.4 Å². The quantitative estimate of drug-likeness (QED) is 0.0302. The highest BCUT2D eigenvalue weighted by Gasteiger charge is 2.11. The summed E-state index contributed by atoms with van der Waals surface area (Å²) in [7, 11) is 2.02. The molecule has 0 spiro atoms. The van der Waals surface area contributed by atoms with E-state index in [9.17, 15) is 10.1 Å². The first-order chi connectivity index (χ1) is 25.0. The van der Waals surface area contributed by atoms with Crippen LogP contribution in [0.2, 0.25) is 0 Å². The summed E-state index contributed by atoms with van der Waals surface area (Å²) in [6.07, 6.45) is 12.9. The largest absolute Gasteiger partial charge is 0.493 e. The van der Waals surface area contributed by atoms with Gasteiger partial charge in [0.05, 0.1) is 29.4 Å². The van der Waals surface area contributed by atoms with Crippen LogP contribution in [0.5, 0.6) is 11.5 Å². The SMILES string of the molecule is CCCCCCOc1cc(/C=C/c2ccccc2)c(OCCN(C)c2ccc(N=Nc3ccc([N+](=O)[O-])cc3)cc2)cc1/C=C/c1ccccc1. The van der Waals surface area contributed by atoms with Gasteiger partial charge in [0.1, 0.15) is 18.1 Å². The molecular weight excluding hydrogens is 636 g/mol. The summed E-state index contributed by atoms with van der Waals surface area (Å²) in [4.78, 5) is 12.6. The molecule has 0 N–H and O–H groups in total. The molecule has 0 bridgehead atoms. The maximum absolute atomic E-state index is 10.9. The van der Waals surface area contributed by atoms with Crippen LogP contribution in [0, 0.1) is 10.1 Å². The lowest BCUT2D eigenvalue weighted by Gasteiger charge is -2.21. The van der Waals surface area contributed by atoms with Gasteiger partial charge in [-0.1, -0.05) is 111 Å². The van der Waals surface area contributed by atoms with Crippen molar-refractivity contribution >= 4 is 47.1 Å². The van der Waals surface area contributed by atoms with Crippen molar-refractivity contribution < 1.29 is 14.4 Å². The molecule has 8 nitrogen and oxygen atoms in total. The number of likely N-dealkylation sites (N-methyl/N-ethyl adjacent to an activating group) is 1. The second-order valence-electron chi connectivity index (χ2n) is 12.1. The maximum Gasteiger partial charge on any atom is 0.269 e. The molecule has 0 saturated carbocycles. The molecule has 5 aromatic rings. The van der Waals surface area contributed by atoms with Gasteiger partial charge in [-0.05, 0) is 66.1 Å². The molecule has 260 valence electrons. The highest BCUT2D eigenvalue weighted by molar-refractivity contribution is 5.79. The average Bonchev–Trinajstić information content (AvgIpc) is 3.17. The second-order valence-corrected chi connectivity index (χ2v) is 12.1. The molecular formula is C43H44N4O4. The molecule has 0 amide bonds. The normalized spacial score (nSPS) is 11.4. The number of anilines is 1. The minimum atomic E-state index is -0.438. The number of nitro benzene ring substituents is 1. The van der Waals surface area contributed by atoms with Crippen molar-refractivity contribution in [1.82, 2.24) is 0 Å². The number of rotatable bonds is 18. The van der Waals surface area contributed by atoms with Crippen LogP contribution >= 0.6 is 0 Å². The summed E-state index contributed by atoms with van der Waals surface area (Å²) in [5, 5.41) is 19.4. The van der Waals surface area contributed by atoms with Crippen molar-refractivity contribution in [2.24, 2.45) is 10.2 Å². The van der Waals surface area contributed by atoms with E-state index >= 15 is 0 Å². The molecule has 0 heterocycles. The van der Waals surface area contributed by atoms with Crippen LogP contribution in [0.1, 0.15) is 54.9 Å². The third-order valence-electron chi connectivity index (χ3n) is 8.22. The van der Waals surface area contributed by atoms with E-state index in [4.69, 9.17) is 9.47 Å². The molecule has 0 aromatic heterocycles. The first-order valence-electron chi connectivity index (χ1n) is 17.4. The molecule has 8 heteroatoms. The van der Waals surface area contributed by atoms with Crippen LogP contribution in [0.15, 0.2) is 132 Å². The van der Waals surface area contributed by atoms with Gasteiger partial charge in [-0.25, -0.2) is 0 Å². The van der Waals surface area contributed by atoms with Gasteiger partial charge in [0.15, 0.2) is 0 Å².